The molecule has 0 spiro atoms. The van der Waals surface area contributed by atoms with Crippen molar-refractivity contribution < 1.29 is 13.2 Å². The van der Waals surface area contributed by atoms with Crippen LogP contribution >= 0.6 is 17.0 Å². The Labute approximate surface area is 71.8 Å². The maximum Gasteiger partial charge on any atom is 0.165 e. The summed E-state index contributed by atoms with van der Waals surface area (Å²) >= 11 is 0. The Morgan fingerprint density at radius 2 is 1.82 bits per heavy atom. The lowest BCUT2D eigenvalue weighted by Crippen LogP contribution is -2.11. The topological polar surface area (TPSA) is 0 Å². The highest BCUT2D eigenvalue weighted by Gasteiger charge is 2.30. The van der Waals surface area contributed by atoms with Crippen molar-refractivity contribution >= 4 is 17.0 Å². The summed E-state index contributed by atoms with van der Waals surface area (Å²) < 4.78 is 37.1. The molecular weight excluding hydrogens is 221 g/mol. The van der Waals surface area contributed by atoms with Crippen LogP contribution in [0.25, 0.3) is 0 Å². The Morgan fingerprint density at radius 1 is 1.18 bits per heavy atom. The highest BCUT2D eigenvalue weighted by Crippen LogP contribution is 2.39. The smallest absolute Gasteiger partial charge is 0.165 e. The zero-order chi connectivity index (χ0) is 7.30. The summed E-state index contributed by atoms with van der Waals surface area (Å²) in [5.41, 5.74) is 0.0731. The quantitative estimate of drug-likeness (QED) is 0.636. The fourth-order valence-corrected chi connectivity index (χ4v) is 1.05. The first kappa shape index (κ1) is 8.59. The van der Waals surface area contributed by atoms with Gasteiger partial charge in [0.25, 0.3) is 0 Å². The van der Waals surface area contributed by atoms with E-state index in [1.807, 2.05) is 0 Å². The van der Waals surface area contributed by atoms with Crippen molar-refractivity contribution in [3.05, 3.63) is 34.9 Å². The second kappa shape index (κ2) is 2.52. The van der Waals surface area contributed by atoms with Crippen molar-refractivity contribution in [1.82, 2.24) is 0 Å². The van der Waals surface area contributed by atoms with Gasteiger partial charge in [-0.3, -0.25) is 0 Å². The van der Waals surface area contributed by atoms with Crippen LogP contribution in [-0.4, -0.2) is 0 Å². The SMILES string of the molecule is Br.Fc1cc2cc(c1F)C2F. The molecule has 1 aromatic rings. The lowest BCUT2D eigenvalue weighted by molar-refractivity contribution is 0.348. The predicted molar refractivity (Wildman–Crippen MR) is 39.6 cm³/mol. The van der Waals surface area contributed by atoms with Gasteiger partial charge in [0.15, 0.2) is 17.8 Å². The van der Waals surface area contributed by atoms with Gasteiger partial charge >= 0.3 is 0 Å². The van der Waals surface area contributed by atoms with Crippen LogP contribution in [0.3, 0.4) is 0 Å². The molecule has 0 aliphatic heterocycles. The van der Waals surface area contributed by atoms with Crippen LogP contribution in [0.5, 0.6) is 0 Å². The van der Waals surface area contributed by atoms with Crippen LogP contribution in [0.1, 0.15) is 17.3 Å². The summed E-state index contributed by atoms with van der Waals surface area (Å²) in [7, 11) is 0. The van der Waals surface area contributed by atoms with Crippen LogP contribution in [-0.2, 0) is 0 Å². The number of rotatable bonds is 0. The third-order valence-electron chi connectivity index (χ3n) is 1.64. The van der Waals surface area contributed by atoms with Crippen molar-refractivity contribution in [2.45, 2.75) is 6.17 Å². The molecule has 60 valence electrons. The van der Waals surface area contributed by atoms with Crippen molar-refractivity contribution in [2.75, 3.05) is 0 Å². The number of hydrogen-bond acceptors (Lipinski definition) is 0. The van der Waals surface area contributed by atoms with Gasteiger partial charge in [-0.1, -0.05) is 0 Å². The summed E-state index contributed by atoms with van der Waals surface area (Å²) in [4.78, 5) is 0. The van der Waals surface area contributed by atoms with Crippen molar-refractivity contribution in [3.63, 3.8) is 0 Å². The Bertz CT molecular complexity index is 298. The van der Waals surface area contributed by atoms with Gasteiger partial charge in [-0.25, -0.2) is 13.2 Å². The van der Waals surface area contributed by atoms with Crippen LogP contribution in [0.2, 0.25) is 0 Å². The van der Waals surface area contributed by atoms with E-state index in [1.165, 1.54) is 6.07 Å². The predicted octanol–water partition coefficient (Wildman–Crippen LogP) is 2.92. The van der Waals surface area contributed by atoms with Gasteiger partial charge in [-0.15, -0.1) is 17.0 Å². The van der Waals surface area contributed by atoms with Crippen LogP contribution < -0.4 is 0 Å². The first-order valence-corrected chi connectivity index (χ1v) is 2.83. The minimum Gasteiger partial charge on any atom is -0.237 e. The Balaban J connectivity index is 0.000000605. The van der Waals surface area contributed by atoms with Gasteiger partial charge in [-0.05, 0) is 17.7 Å². The van der Waals surface area contributed by atoms with E-state index in [1.54, 1.807) is 0 Å². The molecule has 1 atom stereocenters. The summed E-state index contributed by atoms with van der Waals surface area (Å²) in [6.07, 6.45) is -1.39. The minimum absolute atomic E-state index is 0. The van der Waals surface area contributed by atoms with E-state index in [9.17, 15) is 13.2 Å². The Kier molecular flexibility index (Phi) is 1.96. The molecule has 3 rings (SSSR count). The van der Waals surface area contributed by atoms with Gasteiger partial charge in [0.1, 0.15) is 0 Å². The average molecular weight is 225 g/mol. The normalized spacial score (nSPS) is 18.6. The standard InChI is InChI=1S/C7H3F3.BrH/c8-5-2-3-1-4(6(3)9)7(5)10;/h1-2,6H;1H. The van der Waals surface area contributed by atoms with Crippen LogP contribution in [0.4, 0.5) is 13.2 Å². The van der Waals surface area contributed by atoms with E-state index in [0.717, 1.165) is 6.07 Å². The van der Waals surface area contributed by atoms with Crippen LogP contribution in [0.15, 0.2) is 12.1 Å². The average Bonchev–Trinajstić information content (AvgIpc) is 1.92. The van der Waals surface area contributed by atoms with Gasteiger partial charge in [-0.2, -0.15) is 0 Å². The monoisotopic (exact) mass is 224 g/mol. The molecule has 2 bridgehead atoms. The molecule has 11 heavy (non-hydrogen) atoms. The second-order valence-corrected chi connectivity index (χ2v) is 2.27. The minimum atomic E-state index is -1.39. The summed E-state index contributed by atoms with van der Waals surface area (Å²) in [6, 6.07) is 2.19. The molecular formula is C7H4BrF3. The van der Waals surface area contributed by atoms with E-state index in [2.05, 4.69) is 0 Å². The highest BCUT2D eigenvalue weighted by molar-refractivity contribution is 8.93. The maximum absolute atomic E-state index is 12.5. The van der Waals surface area contributed by atoms with Gasteiger partial charge in [0.05, 0.1) is 0 Å². The maximum atomic E-state index is 12.5. The lowest BCUT2D eigenvalue weighted by Gasteiger charge is -2.20. The van der Waals surface area contributed by atoms with Crippen molar-refractivity contribution in [1.29, 1.82) is 0 Å². The first-order chi connectivity index (χ1) is 4.70. The zero-order valence-corrected chi connectivity index (χ0v) is 6.99. The molecule has 0 nitrogen and oxygen atoms in total. The molecule has 1 aromatic carbocycles. The number of alkyl halides is 1. The van der Waals surface area contributed by atoms with E-state index in [4.69, 9.17) is 0 Å². The van der Waals surface area contributed by atoms with Crippen molar-refractivity contribution in [3.8, 4) is 0 Å². The van der Waals surface area contributed by atoms with E-state index in [0.29, 0.717) is 0 Å². The Hall–Kier alpha value is -0.510. The first-order valence-electron chi connectivity index (χ1n) is 2.83. The molecule has 2 aliphatic carbocycles. The Morgan fingerprint density at radius 3 is 2.18 bits per heavy atom. The van der Waals surface area contributed by atoms with Gasteiger partial charge in [0, 0.05) is 5.56 Å². The number of benzene rings is 1. The van der Waals surface area contributed by atoms with Crippen LogP contribution in [0, 0.1) is 11.6 Å². The van der Waals surface area contributed by atoms with E-state index < -0.39 is 17.8 Å². The molecule has 2 aliphatic rings. The molecule has 0 N–H and O–H groups in total. The fourth-order valence-electron chi connectivity index (χ4n) is 1.05. The summed E-state index contributed by atoms with van der Waals surface area (Å²) in [5.74, 6) is -2.01. The van der Waals surface area contributed by atoms with E-state index in [-0.39, 0.29) is 28.1 Å². The summed E-state index contributed by atoms with van der Waals surface area (Å²) in [6.45, 7) is 0. The van der Waals surface area contributed by atoms with Gasteiger partial charge in [0.2, 0.25) is 0 Å². The molecule has 0 saturated heterocycles. The molecule has 0 radical (unpaired) electrons. The van der Waals surface area contributed by atoms with E-state index >= 15 is 0 Å². The van der Waals surface area contributed by atoms with Gasteiger partial charge < -0.3 is 0 Å². The molecule has 1 unspecified atom stereocenters. The molecule has 0 fully saturated rings. The molecule has 0 heterocycles. The molecule has 4 heteroatoms. The third kappa shape index (κ3) is 0.965. The zero-order valence-electron chi connectivity index (χ0n) is 5.27. The second-order valence-electron chi connectivity index (χ2n) is 2.27. The lowest BCUT2D eigenvalue weighted by atomic mass is 9.90. The number of halogens is 4. The molecule has 0 amide bonds. The molecule has 0 aromatic heterocycles. The molecule has 0 saturated carbocycles. The number of fused-ring (bicyclic) bond motifs is 2. The largest absolute Gasteiger partial charge is 0.237 e. The summed E-state index contributed by atoms with van der Waals surface area (Å²) in [5, 5.41) is 0. The fraction of sp³-hybridized carbons (Fsp3) is 0.143. The third-order valence-corrected chi connectivity index (χ3v) is 1.64. The van der Waals surface area contributed by atoms with Crippen molar-refractivity contribution in [2.24, 2.45) is 0 Å². The highest BCUT2D eigenvalue weighted by atomic mass is 79.9. The number of hydrogen-bond donors (Lipinski definition) is 0.